The first-order valence-electron chi connectivity index (χ1n) is 9.10. The lowest BCUT2D eigenvalue weighted by atomic mass is 10.2. The third-order valence-corrected chi connectivity index (χ3v) is 3.82. The van der Waals surface area contributed by atoms with Crippen LogP contribution in [0.1, 0.15) is 30.9 Å². The second-order valence-corrected chi connectivity index (χ2v) is 6.42. The number of nitrogens with zero attached hydrogens (tertiary/aromatic N) is 3. The molecule has 0 saturated carbocycles. The molecule has 1 heterocycles. The van der Waals surface area contributed by atoms with E-state index in [1.807, 2.05) is 60.7 Å². The molecule has 28 heavy (non-hydrogen) atoms. The van der Waals surface area contributed by atoms with E-state index in [1.165, 1.54) is 0 Å². The van der Waals surface area contributed by atoms with E-state index in [0.717, 1.165) is 11.3 Å². The summed E-state index contributed by atoms with van der Waals surface area (Å²) >= 11 is 0. The summed E-state index contributed by atoms with van der Waals surface area (Å²) in [5.74, 6) is -0.191. The van der Waals surface area contributed by atoms with Crippen LogP contribution in [0.25, 0.3) is 17.1 Å². The molecule has 3 rings (SSSR count). The van der Waals surface area contributed by atoms with Crippen molar-refractivity contribution >= 4 is 11.9 Å². The Morgan fingerprint density at radius 1 is 1.04 bits per heavy atom. The molecule has 0 radical (unpaired) electrons. The number of carbonyl (C=O) groups is 2. The van der Waals surface area contributed by atoms with Crippen LogP contribution >= 0.6 is 0 Å². The predicted molar refractivity (Wildman–Crippen MR) is 105 cm³/mol. The van der Waals surface area contributed by atoms with Gasteiger partial charge in [0.05, 0.1) is 18.2 Å². The van der Waals surface area contributed by atoms with Crippen LogP contribution in [0.5, 0.6) is 0 Å². The molecule has 3 aromatic rings. The van der Waals surface area contributed by atoms with Crippen LogP contribution in [0.15, 0.2) is 60.7 Å². The van der Waals surface area contributed by atoms with E-state index in [1.54, 1.807) is 18.5 Å². The molecule has 2 aromatic carbocycles. The normalized spacial score (nSPS) is 10.7. The first kappa shape index (κ1) is 19.3. The van der Waals surface area contributed by atoms with Gasteiger partial charge in [-0.25, -0.2) is 9.67 Å². The lowest BCUT2D eigenvalue weighted by Crippen LogP contribution is -2.28. The second-order valence-electron chi connectivity index (χ2n) is 6.42. The fourth-order valence-electron chi connectivity index (χ4n) is 2.61. The highest BCUT2D eigenvalue weighted by molar-refractivity contribution is 5.91. The lowest BCUT2D eigenvalue weighted by Gasteiger charge is -2.07. The Morgan fingerprint density at radius 2 is 1.68 bits per heavy atom. The average molecular weight is 378 g/mol. The monoisotopic (exact) mass is 378 g/mol. The van der Waals surface area contributed by atoms with Crippen molar-refractivity contribution < 1.29 is 14.3 Å². The zero-order chi connectivity index (χ0) is 19.9. The number of amides is 1. The van der Waals surface area contributed by atoms with Crippen molar-refractivity contribution in [3.05, 3.63) is 66.5 Å². The van der Waals surface area contributed by atoms with Crippen molar-refractivity contribution in [1.29, 1.82) is 0 Å². The van der Waals surface area contributed by atoms with Gasteiger partial charge in [-0.15, -0.1) is 5.10 Å². The minimum Gasteiger partial charge on any atom is -0.463 e. The van der Waals surface area contributed by atoms with E-state index in [2.05, 4.69) is 15.4 Å². The maximum atomic E-state index is 12.5. The molecule has 1 amide bonds. The molecule has 0 spiro atoms. The van der Waals surface area contributed by atoms with Crippen molar-refractivity contribution in [3.63, 3.8) is 0 Å². The molecule has 1 N–H and O–H groups in total. The van der Waals surface area contributed by atoms with Crippen molar-refractivity contribution in [3.8, 4) is 17.1 Å². The van der Waals surface area contributed by atoms with Crippen LogP contribution in [0.4, 0.5) is 0 Å². The zero-order valence-corrected chi connectivity index (χ0v) is 15.8. The fourth-order valence-corrected chi connectivity index (χ4v) is 2.61. The van der Waals surface area contributed by atoms with Crippen LogP contribution in [-0.4, -0.2) is 39.3 Å². The molecule has 144 valence electrons. The van der Waals surface area contributed by atoms with Crippen molar-refractivity contribution in [2.24, 2.45) is 0 Å². The van der Waals surface area contributed by atoms with Crippen molar-refractivity contribution in [2.75, 3.05) is 6.54 Å². The Balaban J connectivity index is 1.79. The Labute approximate surface area is 163 Å². The summed E-state index contributed by atoms with van der Waals surface area (Å²) in [6.45, 7) is 3.72. The van der Waals surface area contributed by atoms with Gasteiger partial charge in [0, 0.05) is 12.1 Å². The molecule has 0 aliphatic carbocycles. The maximum Gasteiger partial charge on any atom is 0.307 e. The van der Waals surface area contributed by atoms with E-state index in [4.69, 9.17) is 4.74 Å². The van der Waals surface area contributed by atoms with Gasteiger partial charge in [0.15, 0.2) is 5.82 Å². The molecular weight excluding hydrogens is 356 g/mol. The summed E-state index contributed by atoms with van der Waals surface area (Å²) in [4.78, 5) is 28.5. The third-order valence-electron chi connectivity index (χ3n) is 3.82. The number of nitrogens with one attached hydrogen (secondary N) is 1. The number of ether oxygens (including phenoxy) is 1. The number of rotatable bonds is 7. The third kappa shape index (κ3) is 4.82. The first-order chi connectivity index (χ1) is 13.5. The standard InChI is InChI=1S/C21H22N4O3/c1-15(2)28-18(26)13-14-22-21(27)19-23-20(16-9-5-3-6-10-16)25(24-19)17-11-7-4-8-12-17/h3-12,15H,13-14H2,1-2H3,(H,22,27). The van der Waals surface area contributed by atoms with Crippen molar-refractivity contribution in [2.45, 2.75) is 26.4 Å². The quantitative estimate of drug-likeness (QED) is 0.639. The minimum absolute atomic E-state index is 0.0416. The smallest absolute Gasteiger partial charge is 0.307 e. The minimum atomic E-state index is -0.441. The van der Waals surface area contributed by atoms with Crippen LogP contribution < -0.4 is 5.32 Å². The van der Waals surface area contributed by atoms with E-state index in [9.17, 15) is 9.59 Å². The highest BCUT2D eigenvalue weighted by atomic mass is 16.5. The molecule has 0 fully saturated rings. The topological polar surface area (TPSA) is 86.1 Å². The molecule has 0 saturated heterocycles. The van der Waals surface area contributed by atoms with Gasteiger partial charge in [-0.3, -0.25) is 9.59 Å². The zero-order valence-electron chi connectivity index (χ0n) is 15.8. The van der Waals surface area contributed by atoms with Gasteiger partial charge in [0.25, 0.3) is 5.91 Å². The summed E-state index contributed by atoms with van der Waals surface area (Å²) in [5.41, 5.74) is 1.65. The van der Waals surface area contributed by atoms with Gasteiger partial charge in [-0.2, -0.15) is 0 Å². The number of benzene rings is 2. The van der Waals surface area contributed by atoms with Gasteiger partial charge in [-0.05, 0) is 26.0 Å². The lowest BCUT2D eigenvalue weighted by molar-refractivity contribution is -0.147. The van der Waals surface area contributed by atoms with Crippen LogP contribution in [0.3, 0.4) is 0 Å². The van der Waals surface area contributed by atoms with Gasteiger partial charge in [0.1, 0.15) is 0 Å². The first-order valence-corrected chi connectivity index (χ1v) is 9.10. The Morgan fingerprint density at radius 3 is 2.32 bits per heavy atom. The van der Waals surface area contributed by atoms with E-state index in [0.29, 0.717) is 5.82 Å². The van der Waals surface area contributed by atoms with Gasteiger partial charge in [0.2, 0.25) is 5.82 Å². The SMILES string of the molecule is CC(C)OC(=O)CCNC(=O)c1nc(-c2ccccc2)n(-c2ccccc2)n1. The number of para-hydroxylation sites is 1. The highest BCUT2D eigenvalue weighted by Crippen LogP contribution is 2.20. The molecular formula is C21H22N4O3. The summed E-state index contributed by atoms with van der Waals surface area (Å²) in [7, 11) is 0. The van der Waals surface area contributed by atoms with E-state index >= 15 is 0 Å². The summed E-state index contributed by atoms with van der Waals surface area (Å²) < 4.78 is 6.69. The number of aromatic nitrogens is 3. The molecule has 0 aliphatic rings. The number of hydrogen-bond donors (Lipinski definition) is 1. The van der Waals surface area contributed by atoms with Gasteiger partial charge >= 0.3 is 5.97 Å². The van der Waals surface area contributed by atoms with Crippen LogP contribution in [0.2, 0.25) is 0 Å². The Kier molecular flexibility index (Phi) is 6.16. The molecule has 0 unspecified atom stereocenters. The Hall–Kier alpha value is -3.48. The maximum absolute atomic E-state index is 12.5. The number of esters is 1. The van der Waals surface area contributed by atoms with E-state index < -0.39 is 5.91 Å². The van der Waals surface area contributed by atoms with Gasteiger partial charge < -0.3 is 10.1 Å². The molecule has 0 bridgehead atoms. The van der Waals surface area contributed by atoms with E-state index in [-0.39, 0.29) is 30.9 Å². The summed E-state index contributed by atoms with van der Waals surface area (Å²) in [6, 6.07) is 19.0. The molecule has 1 aromatic heterocycles. The fraction of sp³-hybridized carbons (Fsp3) is 0.238. The summed E-state index contributed by atoms with van der Waals surface area (Å²) in [5, 5.41) is 7.05. The van der Waals surface area contributed by atoms with Crippen LogP contribution in [-0.2, 0) is 9.53 Å². The number of hydrogen-bond acceptors (Lipinski definition) is 5. The average Bonchev–Trinajstić information content (AvgIpc) is 3.14. The number of carbonyl (C=O) groups excluding carboxylic acids is 2. The summed E-state index contributed by atoms with van der Waals surface area (Å²) in [6.07, 6.45) is -0.0886. The van der Waals surface area contributed by atoms with Crippen LogP contribution in [0, 0.1) is 0 Å². The Bertz CT molecular complexity index is 880. The molecule has 7 nitrogen and oxygen atoms in total. The van der Waals surface area contributed by atoms with Gasteiger partial charge in [-0.1, -0.05) is 48.5 Å². The highest BCUT2D eigenvalue weighted by Gasteiger charge is 2.18. The molecule has 7 heteroatoms. The van der Waals surface area contributed by atoms with Crippen molar-refractivity contribution in [1.82, 2.24) is 20.1 Å². The largest absolute Gasteiger partial charge is 0.463 e. The molecule has 0 aliphatic heterocycles. The molecule has 0 atom stereocenters. The second kappa shape index (κ2) is 8.94. The predicted octanol–water partition coefficient (Wildman–Crippen LogP) is 3.01.